The van der Waals surface area contributed by atoms with E-state index in [0.29, 0.717) is 47.2 Å². The Bertz CT molecular complexity index is 1300. The van der Waals surface area contributed by atoms with Crippen LogP contribution in [0.3, 0.4) is 0 Å². The van der Waals surface area contributed by atoms with Crippen molar-refractivity contribution in [3.63, 3.8) is 0 Å². The van der Waals surface area contributed by atoms with Crippen LogP contribution in [-0.2, 0) is 0 Å². The number of halogens is 1. The van der Waals surface area contributed by atoms with E-state index in [1.54, 1.807) is 0 Å². The predicted molar refractivity (Wildman–Crippen MR) is 136 cm³/mol. The molecule has 35 heavy (non-hydrogen) atoms. The molecule has 0 atom stereocenters. The average Bonchev–Trinajstić information content (AvgIpc) is 3.21. The van der Waals surface area contributed by atoms with Gasteiger partial charge in [-0.1, -0.05) is 18.0 Å². The van der Waals surface area contributed by atoms with Gasteiger partial charge in [-0.05, 0) is 69.0 Å². The fourth-order valence-corrected chi connectivity index (χ4v) is 6.10. The molecule has 6 rings (SSSR count). The lowest BCUT2D eigenvalue weighted by atomic mass is 9.78. The van der Waals surface area contributed by atoms with E-state index in [4.69, 9.17) is 20.8 Å². The monoisotopic (exact) mass is 492 g/mol. The number of carbonyl (C=O) groups is 2. The average molecular weight is 493 g/mol. The molecular weight excluding hydrogens is 464 g/mol. The van der Waals surface area contributed by atoms with E-state index in [0.717, 1.165) is 55.4 Å². The lowest BCUT2D eigenvalue weighted by Gasteiger charge is -2.40. The molecule has 2 fully saturated rings. The number of amides is 1. The van der Waals surface area contributed by atoms with Crippen LogP contribution in [0.2, 0.25) is 5.02 Å². The van der Waals surface area contributed by atoms with E-state index in [1.165, 1.54) is 6.42 Å². The van der Waals surface area contributed by atoms with Gasteiger partial charge >= 0.3 is 0 Å². The summed E-state index contributed by atoms with van der Waals surface area (Å²) in [6, 6.07) is 11.5. The summed E-state index contributed by atoms with van der Waals surface area (Å²) in [4.78, 5) is 30.9. The molecule has 0 unspecified atom stereocenters. The molecule has 0 N–H and O–H groups in total. The molecule has 2 aromatic carbocycles. The van der Waals surface area contributed by atoms with E-state index >= 15 is 0 Å². The molecule has 1 spiro atoms. The van der Waals surface area contributed by atoms with Crippen molar-refractivity contribution >= 4 is 39.9 Å². The first kappa shape index (κ1) is 22.5. The number of ether oxygens (including phenoxy) is 1. The van der Waals surface area contributed by atoms with Crippen LogP contribution in [0, 0.1) is 6.92 Å². The Morgan fingerprint density at radius 1 is 0.971 bits per heavy atom. The van der Waals surface area contributed by atoms with Gasteiger partial charge in [0.1, 0.15) is 16.9 Å². The van der Waals surface area contributed by atoms with Gasteiger partial charge in [-0.2, -0.15) is 0 Å². The van der Waals surface area contributed by atoms with Crippen molar-refractivity contribution in [2.75, 3.05) is 31.1 Å². The van der Waals surface area contributed by atoms with E-state index < -0.39 is 0 Å². The highest BCUT2D eigenvalue weighted by atomic mass is 35.5. The van der Waals surface area contributed by atoms with Crippen molar-refractivity contribution in [3.8, 4) is 5.75 Å². The van der Waals surface area contributed by atoms with Gasteiger partial charge in [0, 0.05) is 47.8 Å². The molecule has 2 aliphatic heterocycles. The zero-order valence-corrected chi connectivity index (χ0v) is 20.7. The third kappa shape index (κ3) is 3.88. The fourth-order valence-electron chi connectivity index (χ4n) is 5.98. The number of Topliss-reactive ketones (excluding diaryl/α,β-unsaturated/α-hetero) is 1. The van der Waals surface area contributed by atoms with Gasteiger partial charge < -0.3 is 19.0 Å². The van der Waals surface area contributed by atoms with Gasteiger partial charge in [0.15, 0.2) is 11.5 Å². The largest absolute Gasteiger partial charge is 0.486 e. The molecule has 1 aromatic heterocycles. The number of rotatable bonds is 2. The van der Waals surface area contributed by atoms with Gasteiger partial charge in [-0.25, -0.2) is 0 Å². The number of hydrogen-bond donors (Lipinski definition) is 0. The summed E-state index contributed by atoms with van der Waals surface area (Å²) in [5.74, 6) is 0.920. The van der Waals surface area contributed by atoms with Crippen LogP contribution >= 0.6 is 11.6 Å². The van der Waals surface area contributed by atoms with Crippen molar-refractivity contribution in [2.45, 2.75) is 51.0 Å². The first-order valence-corrected chi connectivity index (χ1v) is 12.9. The molecule has 6 nitrogen and oxygen atoms in total. The maximum Gasteiger partial charge on any atom is 0.290 e. The Morgan fingerprint density at radius 3 is 2.40 bits per heavy atom. The topological polar surface area (TPSA) is 63.0 Å². The maximum absolute atomic E-state index is 13.4. The van der Waals surface area contributed by atoms with E-state index in [9.17, 15) is 9.59 Å². The second-order valence-electron chi connectivity index (χ2n) is 10.1. The van der Waals surface area contributed by atoms with Crippen molar-refractivity contribution in [3.05, 3.63) is 58.3 Å². The molecule has 3 aromatic rings. The molecule has 1 saturated heterocycles. The smallest absolute Gasteiger partial charge is 0.290 e. The maximum atomic E-state index is 13.4. The second-order valence-corrected chi connectivity index (χ2v) is 10.5. The summed E-state index contributed by atoms with van der Waals surface area (Å²) in [5.41, 5.74) is 2.60. The molecule has 0 radical (unpaired) electrons. The molecule has 3 aliphatic rings. The van der Waals surface area contributed by atoms with Crippen LogP contribution in [0.1, 0.15) is 65.0 Å². The Hall–Kier alpha value is -2.99. The van der Waals surface area contributed by atoms with Crippen LogP contribution in [0.25, 0.3) is 11.0 Å². The first-order valence-electron chi connectivity index (χ1n) is 12.5. The third-order valence-electron chi connectivity index (χ3n) is 7.86. The summed E-state index contributed by atoms with van der Waals surface area (Å²) >= 11 is 6.01. The third-order valence-corrected chi connectivity index (χ3v) is 8.11. The highest BCUT2D eigenvalue weighted by Crippen LogP contribution is 2.45. The number of aryl methyl sites for hydroxylation is 1. The number of furan rings is 1. The van der Waals surface area contributed by atoms with Gasteiger partial charge in [0.25, 0.3) is 5.91 Å². The summed E-state index contributed by atoms with van der Waals surface area (Å²) in [6.45, 7) is 4.54. The van der Waals surface area contributed by atoms with Gasteiger partial charge in [-0.3, -0.25) is 9.59 Å². The Kier molecular flexibility index (Phi) is 5.52. The Balaban J connectivity index is 1.25. The van der Waals surface area contributed by atoms with Crippen molar-refractivity contribution < 1.29 is 18.7 Å². The number of carbonyl (C=O) groups excluding carboxylic acids is 2. The van der Waals surface area contributed by atoms with Crippen molar-refractivity contribution in [1.29, 1.82) is 0 Å². The zero-order chi connectivity index (χ0) is 24.2. The quantitative estimate of drug-likeness (QED) is 0.437. The minimum Gasteiger partial charge on any atom is -0.486 e. The van der Waals surface area contributed by atoms with Crippen LogP contribution < -0.4 is 9.64 Å². The van der Waals surface area contributed by atoms with Crippen LogP contribution in [0.5, 0.6) is 5.75 Å². The molecule has 0 bridgehead atoms. The van der Waals surface area contributed by atoms with E-state index in [2.05, 4.69) is 4.90 Å². The number of nitrogens with zero attached hydrogens (tertiary/aromatic N) is 2. The number of benzene rings is 2. The molecular formula is C28H29ClN2O4. The number of anilines is 1. The summed E-state index contributed by atoms with van der Waals surface area (Å²) < 4.78 is 12.5. The lowest BCUT2D eigenvalue weighted by molar-refractivity contribution is 0.0139. The number of ketones is 1. The van der Waals surface area contributed by atoms with Crippen molar-refractivity contribution in [1.82, 2.24) is 4.90 Å². The number of piperazine rings is 1. The van der Waals surface area contributed by atoms with Gasteiger partial charge in [0.05, 0.1) is 12.0 Å². The summed E-state index contributed by atoms with van der Waals surface area (Å²) in [6.07, 6.45) is 5.64. The van der Waals surface area contributed by atoms with Crippen LogP contribution in [0.4, 0.5) is 5.69 Å². The van der Waals surface area contributed by atoms with Crippen LogP contribution in [0.15, 0.2) is 40.8 Å². The first-order chi connectivity index (χ1) is 16.9. The van der Waals surface area contributed by atoms with Gasteiger partial charge in [-0.15, -0.1) is 0 Å². The second kappa shape index (κ2) is 8.59. The standard InChI is InChI=1S/C28H29ClN2O4/c1-18-24-22(9-10-23-25(24)21(32)17-28(35-23)11-3-2-4-12-28)34-26(18)27(33)31-15-13-30(14-16-31)20-7-5-19(29)6-8-20/h5-10H,2-4,11-17H2,1H3. The summed E-state index contributed by atoms with van der Waals surface area (Å²) in [5, 5.41) is 1.43. The minimum absolute atomic E-state index is 0.0956. The van der Waals surface area contributed by atoms with E-state index in [1.807, 2.05) is 48.2 Å². The molecule has 1 aliphatic carbocycles. The summed E-state index contributed by atoms with van der Waals surface area (Å²) in [7, 11) is 0. The molecule has 3 heterocycles. The SMILES string of the molecule is Cc1c(C(=O)N2CCN(c3ccc(Cl)cc3)CC2)oc2ccc3c(c12)C(=O)CC1(CCCCC1)O3. The minimum atomic E-state index is -0.365. The number of hydrogen-bond acceptors (Lipinski definition) is 5. The highest BCUT2D eigenvalue weighted by Gasteiger charge is 2.42. The predicted octanol–water partition coefficient (Wildman–Crippen LogP) is 6.03. The molecule has 182 valence electrons. The van der Waals surface area contributed by atoms with E-state index in [-0.39, 0.29) is 17.3 Å². The van der Waals surface area contributed by atoms with Gasteiger partial charge in [0.2, 0.25) is 0 Å². The molecule has 7 heteroatoms. The molecule has 1 amide bonds. The normalized spacial score (nSPS) is 19.7. The fraction of sp³-hybridized carbons (Fsp3) is 0.429. The Morgan fingerprint density at radius 2 is 1.69 bits per heavy atom. The Labute approximate surface area is 209 Å². The zero-order valence-electron chi connectivity index (χ0n) is 19.9. The lowest BCUT2D eigenvalue weighted by Crippen LogP contribution is -2.48. The highest BCUT2D eigenvalue weighted by molar-refractivity contribution is 6.30. The molecule has 1 saturated carbocycles. The van der Waals surface area contributed by atoms with Crippen molar-refractivity contribution in [2.24, 2.45) is 0 Å². The number of fused-ring (bicyclic) bond motifs is 3. The van der Waals surface area contributed by atoms with Crippen LogP contribution in [-0.4, -0.2) is 48.4 Å².